The van der Waals surface area contributed by atoms with Crippen LogP contribution in [0.3, 0.4) is 0 Å². The van der Waals surface area contributed by atoms with Gasteiger partial charge in [-0.3, -0.25) is 0 Å². The lowest BCUT2D eigenvalue weighted by Gasteiger charge is -2.34. The summed E-state index contributed by atoms with van der Waals surface area (Å²) in [7, 11) is 0. The molecule has 21 heavy (non-hydrogen) atoms. The molecule has 1 heterocycles. The standard InChI is InChI=1S/C18H25ClN2/c19-15-6-5-14(12-20-16-7-8-16)18(11-15)21-10-9-13-3-1-2-4-17(13)21/h5-6,11,13,16-17,20H,1-4,7-10,12H2. The van der Waals surface area contributed by atoms with Gasteiger partial charge in [-0.1, -0.05) is 30.5 Å². The predicted molar refractivity (Wildman–Crippen MR) is 89.0 cm³/mol. The third kappa shape index (κ3) is 2.93. The lowest BCUT2D eigenvalue weighted by atomic mass is 9.85. The van der Waals surface area contributed by atoms with E-state index in [0.717, 1.165) is 29.6 Å². The zero-order valence-electron chi connectivity index (χ0n) is 12.7. The van der Waals surface area contributed by atoms with Gasteiger partial charge in [-0.2, -0.15) is 0 Å². The van der Waals surface area contributed by atoms with Crippen molar-refractivity contribution in [3.8, 4) is 0 Å². The van der Waals surface area contributed by atoms with Crippen LogP contribution in [-0.4, -0.2) is 18.6 Å². The normalized spacial score (nSPS) is 28.7. The van der Waals surface area contributed by atoms with Crippen molar-refractivity contribution in [1.29, 1.82) is 0 Å². The molecule has 2 unspecified atom stereocenters. The Hall–Kier alpha value is -0.730. The maximum Gasteiger partial charge on any atom is 0.0429 e. The van der Waals surface area contributed by atoms with Gasteiger partial charge in [0.25, 0.3) is 0 Å². The van der Waals surface area contributed by atoms with Crippen molar-refractivity contribution in [1.82, 2.24) is 5.32 Å². The Balaban J connectivity index is 1.58. The molecule has 3 fully saturated rings. The molecule has 0 amide bonds. The van der Waals surface area contributed by atoms with Crippen molar-refractivity contribution in [2.75, 3.05) is 11.4 Å². The van der Waals surface area contributed by atoms with Crippen molar-refractivity contribution in [2.24, 2.45) is 5.92 Å². The third-order valence-electron chi connectivity index (χ3n) is 5.53. The molecule has 1 aliphatic heterocycles. The highest BCUT2D eigenvalue weighted by atomic mass is 35.5. The molecule has 2 nitrogen and oxygen atoms in total. The molecule has 1 saturated heterocycles. The zero-order chi connectivity index (χ0) is 14.2. The summed E-state index contributed by atoms with van der Waals surface area (Å²) in [6, 6.07) is 7.99. The van der Waals surface area contributed by atoms with Crippen LogP contribution in [0, 0.1) is 5.92 Å². The summed E-state index contributed by atoms with van der Waals surface area (Å²) >= 11 is 6.30. The first-order chi connectivity index (χ1) is 10.3. The highest BCUT2D eigenvalue weighted by molar-refractivity contribution is 6.30. The maximum atomic E-state index is 6.30. The fourth-order valence-corrected chi connectivity index (χ4v) is 4.37. The zero-order valence-corrected chi connectivity index (χ0v) is 13.4. The van der Waals surface area contributed by atoms with Gasteiger partial charge >= 0.3 is 0 Å². The number of fused-ring (bicyclic) bond motifs is 1. The molecule has 0 radical (unpaired) electrons. The Morgan fingerprint density at radius 3 is 2.81 bits per heavy atom. The SMILES string of the molecule is Clc1ccc(CNC2CC2)c(N2CCC3CCCCC32)c1. The van der Waals surface area contributed by atoms with E-state index in [1.165, 1.54) is 62.7 Å². The fraction of sp³-hybridized carbons (Fsp3) is 0.667. The largest absolute Gasteiger partial charge is 0.368 e. The minimum atomic E-state index is 0.759. The molecule has 1 aromatic rings. The van der Waals surface area contributed by atoms with Gasteiger partial charge < -0.3 is 10.2 Å². The summed E-state index contributed by atoms with van der Waals surface area (Å²) in [5.74, 6) is 0.918. The van der Waals surface area contributed by atoms with E-state index in [0.29, 0.717) is 0 Å². The second kappa shape index (κ2) is 5.81. The van der Waals surface area contributed by atoms with Gasteiger partial charge in [0, 0.05) is 35.9 Å². The molecule has 0 aromatic heterocycles. The predicted octanol–water partition coefficient (Wildman–Crippen LogP) is 4.36. The number of hydrogen-bond acceptors (Lipinski definition) is 2. The van der Waals surface area contributed by atoms with Gasteiger partial charge in [0.15, 0.2) is 0 Å². The van der Waals surface area contributed by atoms with E-state index < -0.39 is 0 Å². The van der Waals surface area contributed by atoms with Crippen LogP contribution < -0.4 is 10.2 Å². The monoisotopic (exact) mass is 304 g/mol. The number of benzene rings is 1. The van der Waals surface area contributed by atoms with Crippen LogP contribution in [0.4, 0.5) is 5.69 Å². The number of halogens is 1. The quantitative estimate of drug-likeness (QED) is 0.889. The van der Waals surface area contributed by atoms with Crippen molar-refractivity contribution in [3.63, 3.8) is 0 Å². The highest BCUT2D eigenvalue weighted by Gasteiger charge is 2.36. The second-order valence-electron chi connectivity index (χ2n) is 7.02. The summed E-state index contributed by atoms with van der Waals surface area (Å²) in [5, 5.41) is 4.53. The van der Waals surface area contributed by atoms with Crippen molar-refractivity contribution in [2.45, 2.75) is 63.6 Å². The molecule has 4 rings (SSSR count). The number of nitrogens with one attached hydrogen (secondary N) is 1. The average molecular weight is 305 g/mol. The fourth-order valence-electron chi connectivity index (χ4n) is 4.20. The summed E-state index contributed by atoms with van der Waals surface area (Å²) in [5.41, 5.74) is 2.82. The molecule has 114 valence electrons. The molecular formula is C18H25ClN2. The van der Waals surface area contributed by atoms with Gasteiger partial charge in [-0.15, -0.1) is 0 Å². The van der Waals surface area contributed by atoms with Crippen LogP contribution in [0.2, 0.25) is 5.02 Å². The molecule has 3 heteroatoms. The lowest BCUT2D eigenvalue weighted by molar-refractivity contribution is 0.342. The Morgan fingerprint density at radius 2 is 1.95 bits per heavy atom. The van der Waals surface area contributed by atoms with E-state index >= 15 is 0 Å². The first-order valence-corrected chi connectivity index (χ1v) is 8.97. The average Bonchev–Trinajstić information content (AvgIpc) is 3.23. The van der Waals surface area contributed by atoms with E-state index in [1.54, 1.807) is 0 Å². The molecule has 1 aromatic carbocycles. The van der Waals surface area contributed by atoms with E-state index in [-0.39, 0.29) is 0 Å². The minimum Gasteiger partial charge on any atom is -0.368 e. The molecular weight excluding hydrogens is 280 g/mol. The van der Waals surface area contributed by atoms with Gasteiger partial charge in [0.05, 0.1) is 0 Å². The summed E-state index contributed by atoms with van der Waals surface area (Å²) in [6.07, 6.45) is 9.68. The second-order valence-corrected chi connectivity index (χ2v) is 7.46. The Bertz CT molecular complexity index is 512. The van der Waals surface area contributed by atoms with Crippen LogP contribution in [0.25, 0.3) is 0 Å². The first-order valence-electron chi connectivity index (χ1n) is 8.60. The summed E-state index contributed by atoms with van der Waals surface area (Å²) in [4.78, 5) is 2.67. The number of nitrogens with zero attached hydrogens (tertiary/aromatic N) is 1. The van der Waals surface area contributed by atoms with E-state index in [9.17, 15) is 0 Å². The van der Waals surface area contributed by atoms with Crippen LogP contribution >= 0.6 is 11.6 Å². The van der Waals surface area contributed by atoms with Gasteiger partial charge in [-0.05, 0) is 55.7 Å². The molecule has 2 aliphatic carbocycles. The van der Waals surface area contributed by atoms with E-state index in [4.69, 9.17) is 11.6 Å². The molecule has 1 N–H and O–H groups in total. The number of rotatable bonds is 4. The third-order valence-corrected chi connectivity index (χ3v) is 5.76. The maximum absolute atomic E-state index is 6.30. The minimum absolute atomic E-state index is 0.759. The Kier molecular flexibility index (Phi) is 3.85. The van der Waals surface area contributed by atoms with Crippen LogP contribution in [0.1, 0.15) is 50.5 Å². The van der Waals surface area contributed by atoms with Crippen LogP contribution in [0.15, 0.2) is 18.2 Å². The van der Waals surface area contributed by atoms with Crippen molar-refractivity contribution >= 4 is 17.3 Å². The Labute approximate surface area is 132 Å². The Morgan fingerprint density at radius 1 is 1.10 bits per heavy atom. The highest BCUT2D eigenvalue weighted by Crippen LogP contribution is 2.40. The molecule has 2 atom stereocenters. The van der Waals surface area contributed by atoms with Crippen LogP contribution in [-0.2, 0) is 6.54 Å². The van der Waals surface area contributed by atoms with Gasteiger partial charge in [0.2, 0.25) is 0 Å². The van der Waals surface area contributed by atoms with Crippen molar-refractivity contribution in [3.05, 3.63) is 28.8 Å². The first kappa shape index (κ1) is 13.9. The van der Waals surface area contributed by atoms with E-state index in [1.807, 2.05) is 6.07 Å². The summed E-state index contributed by atoms with van der Waals surface area (Å²) < 4.78 is 0. The molecule has 0 bridgehead atoms. The topological polar surface area (TPSA) is 15.3 Å². The number of hydrogen-bond donors (Lipinski definition) is 1. The molecule has 0 spiro atoms. The van der Waals surface area contributed by atoms with Crippen LogP contribution in [0.5, 0.6) is 0 Å². The number of anilines is 1. The van der Waals surface area contributed by atoms with Crippen molar-refractivity contribution < 1.29 is 0 Å². The lowest BCUT2D eigenvalue weighted by Crippen LogP contribution is -2.35. The molecule has 2 saturated carbocycles. The van der Waals surface area contributed by atoms with E-state index in [2.05, 4.69) is 22.3 Å². The molecule has 3 aliphatic rings. The summed E-state index contributed by atoms with van der Waals surface area (Å²) in [6.45, 7) is 2.21. The van der Waals surface area contributed by atoms with Gasteiger partial charge in [0.1, 0.15) is 0 Å². The smallest absolute Gasteiger partial charge is 0.0429 e. The van der Waals surface area contributed by atoms with Gasteiger partial charge in [-0.25, -0.2) is 0 Å².